The highest BCUT2D eigenvalue weighted by Gasteiger charge is 2.47. The van der Waals surface area contributed by atoms with Crippen molar-refractivity contribution in [2.45, 2.75) is 5.41 Å². The fraction of sp³-hybridized carbons (Fsp3) is 0.0303. The van der Waals surface area contributed by atoms with Crippen molar-refractivity contribution in [3.8, 4) is 11.1 Å². The van der Waals surface area contributed by atoms with E-state index in [1.807, 2.05) is 0 Å². The van der Waals surface area contributed by atoms with Gasteiger partial charge in [-0.05, 0) is 79.2 Å². The number of rotatable bonds is 2. The smallest absolute Gasteiger partial charge is 0.0616 e. The predicted molar refractivity (Wildman–Crippen MR) is 154 cm³/mol. The second kappa shape index (κ2) is 7.91. The minimum Gasteiger partial charge on any atom is -0.0616 e. The number of hydrogen-bond donors (Lipinski definition) is 0. The second-order valence-electron chi connectivity index (χ2n) is 9.18. The molecule has 0 aliphatic heterocycles. The van der Waals surface area contributed by atoms with Crippen molar-refractivity contribution in [1.29, 1.82) is 0 Å². The summed E-state index contributed by atoms with van der Waals surface area (Å²) in [6.45, 7) is 0. The van der Waals surface area contributed by atoms with Crippen LogP contribution in [0.1, 0.15) is 22.3 Å². The molecule has 0 atom stereocenters. The summed E-state index contributed by atoms with van der Waals surface area (Å²) in [5.74, 6) is 0. The third-order valence-electron chi connectivity index (χ3n) is 7.45. The van der Waals surface area contributed by atoms with E-state index in [9.17, 15) is 0 Å². The number of halogens is 2. The lowest BCUT2D eigenvalue weighted by molar-refractivity contribution is 0.783. The fourth-order valence-corrected chi connectivity index (χ4v) is 6.82. The first-order chi connectivity index (χ1) is 17.2. The topological polar surface area (TPSA) is 0 Å². The standard InChI is InChI=1S/C33H20Br2/c34-23-15-17-27-28-18-16-24(35)20-32(28)33(31(27)19-23,29-13-5-9-21-7-1-3-11-25(21)29)30-14-6-10-22-8-2-4-12-26(22)30/h1-20H. The van der Waals surface area contributed by atoms with Crippen LogP contribution in [0.25, 0.3) is 32.7 Å². The SMILES string of the molecule is Brc1ccc2c(c1)C(c1cccc3ccccc13)(c1cccc3ccccc13)c1cc(Br)ccc1-2. The first kappa shape index (κ1) is 21.1. The van der Waals surface area contributed by atoms with Crippen LogP contribution in [0.2, 0.25) is 0 Å². The van der Waals surface area contributed by atoms with E-state index >= 15 is 0 Å². The summed E-state index contributed by atoms with van der Waals surface area (Å²) in [6.07, 6.45) is 0. The molecule has 0 N–H and O–H groups in total. The van der Waals surface area contributed by atoms with Crippen LogP contribution in [-0.2, 0) is 5.41 Å². The maximum absolute atomic E-state index is 3.81. The Bertz CT molecular complexity index is 1640. The van der Waals surface area contributed by atoms with Gasteiger partial charge in [0.25, 0.3) is 0 Å². The molecule has 0 saturated carbocycles. The molecule has 0 heterocycles. The molecule has 0 fully saturated rings. The molecule has 166 valence electrons. The van der Waals surface area contributed by atoms with E-state index in [-0.39, 0.29) is 0 Å². The van der Waals surface area contributed by atoms with Gasteiger partial charge in [0, 0.05) is 8.95 Å². The third kappa shape index (κ3) is 2.97. The first-order valence-electron chi connectivity index (χ1n) is 11.7. The van der Waals surface area contributed by atoms with Crippen molar-refractivity contribution in [2.24, 2.45) is 0 Å². The molecule has 0 aromatic heterocycles. The van der Waals surface area contributed by atoms with Crippen molar-refractivity contribution in [2.75, 3.05) is 0 Å². The summed E-state index contributed by atoms with van der Waals surface area (Å²) in [5.41, 5.74) is 7.35. The summed E-state index contributed by atoms with van der Waals surface area (Å²) in [7, 11) is 0. The maximum Gasteiger partial charge on any atom is 0.0726 e. The largest absolute Gasteiger partial charge is 0.0726 e. The fourth-order valence-electron chi connectivity index (χ4n) is 6.10. The van der Waals surface area contributed by atoms with Crippen molar-refractivity contribution in [3.05, 3.63) is 153 Å². The minimum absolute atomic E-state index is 0.472. The molecule has 2 heteroatoms. The van der Waals surface area contributed by atoms with Crippen molar-refractivity contribution >= 4 is 53.4 Å². The molecule has 7 rings (SSSR count). The maximum atomic E-state index is 3.81. The predicted octanol–water partition coefficient (Wildman–Crippen LogP) is 9.88. The Balaban J connectivity index is 1.77. The lowest BCUT2D eigenvalue weighted by Crippen LogP contribution is -2.29. The lowest BCUT2D eigenvalue weighted by Gasteiger charge is -2.36. The zero-order valence-corrected chi connectivity index (χ0v) is 22.0. The monoisotopic (exact) mass is 574 g/mol. The number of fused-ring (bicyclic) bond motifs is 5. The van der Waals surface area contributed by atoms with E-state index in [4.69, 9.17) is 0 Å². The number of hydrogen-bond acceptors (Lipinski definition) is 0. The quantitative estimate of drug-likeness (QED) is 0.192. The van der Waals surface area contributed by atoms with E-state index in [0.29, 0.717) is 0 Å². The Hall–Kier alpha value is -3.20. The average Bonchev–Trinajstić information content (AvgIpc) is 3.17. The van der Waals surface area contributed by atoms with Gasteiger partial charge in [-0.1, -0.05) is 129 Å². The average molecular weight is 576 g/mol. The van der Waals surface area contributed by atoms with Gasteiger partial charge in [-0.25, -0.2) is 0 Å². The Kier molecular flexibility index (Phi) is 4.77. The highest BCUT2D eigenvalue weighted by Crippen LogP contribution is 2.59. The van der Waals surface area contributed by atoms with Gasteiger partial charge < -0.3 is 0 Å². The van der Waals surface area contributed by atoms with Crippen LogP contribution in [0.4, 0.5) is 0 Å². The van der Waals surface area contributed by atoms with Crippen LogP contribution in [0.15, 0.2) is 130 Å². The zero-order chi connectivity index (χ0) is 23.6. The van der Waals surface area contributed by atoms with E-state index in [0.717, 1.165) is 8.95 Å². The lowest BCUT2D eigenvalue weighted by atomic mass is 9.65. The molecule has 0 saturated heterocycles. The molecule has 1 aliphatic carbocycles. The summed E-state index contributed by atoms with van der Waals surface area (Å²) >= 11 is 7.62. The van der Waals surface area contributed by atoms with Crippen LogP contribution in [-0.4, -0.2) is 0 Å². The molecular weight excluding hydrogens is 556 g/mol. The highest BCUT2D eigenvalue weighted by atomic mass is 79.9. The Morgan fingerprint density at radius 3 is 1.31 bits per heavy atom. The van der Waals surface area contributed by atoms with Crippen LogP contribution < -0.4 is 0 Å². The Morgan fingerprint density at radius 1 is 0.400 bits per heavy atom. The van der Waals surface area contributed by atoms with Crippen molar-refractivity contribution in [3.63, 3.8) is 0 Å². The molecule has 6 aromatic rings. The molecule has 1 aliphatic rings. The van der Waals surface area contributed by atoms with Crippen LogP contribution >= 0.6 is 31.9 Å². The second-order valence-corrected chi connectivity index (χ2v) is 11.0. The van der Waals surface area contributed by atoms with Gasteiger partial charge in [0.05, 0.1) is 5.41 Å². The summed E-state index contributed by atoms with van der Waals surface area (Å²) in [4.78, 5) is 0. The first-order valence-corrected chi connectivity index (χ1v) is 13.3. The van der Waals surface area contributed by atoms with Crippen molar-refractivity contribution in [1.82, 2.24) is 0 Å². The van der Waals surface area contributed by atoms with Gasteiger partial charge in [-0.15, -0.1) is 0 Å². The van der Waals surface area contributed by atoms with Crippen molar-refractivity contribution < 1.29 is 0 Å². The number of benzene rings is 6. The van der Waals surface area contributed by atoms with Gasteiger partial charge >= 0.3 is 0 Å². The van der Waals surface area contributed by atoms with Crippen LogP contribution in [0, 0.1) is 0 Å². The molecule has 0 spiro atoms. The molecule has 0 amide bonds. The van der Waals surface area contributed by atoms with Gasteiger partial charge in [0.1, 0.15) is 0 Å². The summed E-state index contributed by atoms with van der Waals surface area (Å²) in [6, 6.07) is 44.5. The molecule has 6 aromatic carbocycles. The van der Waals surface area contributed by atoms with E-state index < -0.39 is 5.41 Å². The van der Waals surface area contributed by atoms with Gasteiger partial charge in [-0.3, -0.25) is 0 Å². The van der Waals surface area contributed by atoms with Crippen LogP contribution in [0.5, 0.6) is 0 Å². The third-order valence-corrected chi connectivity index (χ3v) is 8.44. The van der Waals surface area contributed by atoms with Crippen LogP contribution in [0.3, 0.4) is 0 Å². The Labute approximate surface area is 221 Å². The molecule has 0 nitrogen and oxygen atoms in total. The molecule has 0 bridgehead atoms. The molecule has 0 unspecified atom stereocenters. The zero-order valence-electron chi connectivity index (χ0n) is 18.8. The van der Waals surface area contributed by atoms with Gasteiger partial charge in [0.15, 0.2) is 0 Å². The normalized spacial score (nSPS) is 13.7. The highest BCUT2D eigenvalue weighted by molar-refractivity contribution is 9.10. The molecule has 0 radical (unpaired) electrons. The Morgan fingerprint density at radius 2 is 0.829 bits per heavy atom. The molecular formula is C33H20Br2. The minimum atomic E-state index is -0.472. The summed E-state index contributed by atoms with van der Waals surface area (Å²) < 4.78 is 2.18. The van der Waals surface area contributed by atoms with E-state index in [1.165, 1.54) is 54.9 Å². The summed E-state index contributed by atoms with van der Waals surface area (Å²) in [5, 5.41) is 5.07. The molecule has 35 heavy (non-hydrogen) atoms. The van der Waals surface area contributed by atoms with E-state index in [1.54, 1.807) is 0 Å². The van der Waals surface area contributed by atoms with Gasteiger partial charge in [-0.2, -0.15) is 0 Å². The van der Waals surface area contributed by atoms with Gasteiger partial charge in [0.2, 0.25) is 0 Å². The van der Waals surface area contributed by atoms with E-state index in [2.05, 4.69) is 153 Å².